The van der Waals surface area contributed by atoms with Crippen LogP contribution in [0.3, 0.4) is 0 Å². The maximum atomic E-state index is 11.7. The van der Waals surface area contributed by atoms with Crippen molar-refractivity contribution in [2.24, 2.45) is 0 Å². The summed E-state index contributed by atoms with van der Waals surface area (Å²) >= 11 is -1.36. The molecular weight excluding hydrogens is 344 g/mol. The zero-order valence-electron chi connectivity index (χ0n) is 13.8. The summed E-state index contributed by atoms with van der Waals surface area (Å²) in [5, 5.41) is 8.32. The van der Waals surface area contributed by atoms with Crippen LogP contribution in [0.4, 0.5) is 5.95 Å². The summed E-state index contributed by atoms with van der Waals surface area (Å²) in [5.41, 5.74) is 1.21. The van der Waals surface area contributed by atoms with E-state index in [1.165, 1.54) is 26.8 Å². The second-order valence-electron chi connectivity index (χ2n) is 4.85. The number of rotatable bonds is 6. The van der Waals surface area contributed by atoms with Crippen LogP contribution >= 0.6 is 0 Å². The average Bonchev–Trinajstić information content (AvgIpc) is 3.04. The number of hydrogen-bond donors (Lipinski definition) is 1. The molecule has 1 atom stereocenters. The minimum Gasteiger partial charge on any atom is -0.593 e. The van der Waals surface area contributed by atoms with Gasteiger partial charge in [-0.3, -0.25) is 0 Å². The molecule has 0 aliphatic rings. The lowest BCUT2D eigenvalue weighted by molar-refractivity contribution is 0.368. The monoisotopic (exact) mass is 360 g/mol. The molecule has 9 nitrogen and oxygen atoms in total. The molecule has 0 fully saturated rings. The molecule has 0 bridgehead atoms. The van der Waals surface area contributed by atoms with Gasteiger partial charge in [-0.1, -0.05) is 30.3 Å². The van der Waals surface area contributed by atoms with E-state index in [4.69, 9.17) is 9.47 Å². The lowest BCUT2D eigenvalue weighted by atomic mass is 10.2. The van der Waals surface area contributed by atoms with Gasteiger partial charge in [-0.25, -0.2) is 4.57 Å². The SMILES string of the molecule is COc1ncnc(OC)c1-n1c(N[S+](C)[O-])nnc1-c1ccccc1. The zero-order valence-corrected chi connectivity index (χ0v) is 14.6. The summed E-state index contributed by atoms with van der Waals surface area (Å²) in [6.07, 6.45) is 2.83. The van der Waals surface area contributed by atoms with E-state index in [1.807, 2.05) is 30.3 Å². The van der Waals surface area contributed by atoms with E-state index >= 15 is 0 Å². The van der Waals surface area contributed by atoms with Gasteiger partial charge in [0.05, 0.1) is 25.6 Å². The fraction of sp³-hybridized carbons (Fsp3) is 0.200. The Morgan fingerprint density at radius 3 is 2.24 bits per heavy atom. The third-order valence-electron chi connectivity index (χ3n) is 3.30. The van der Waals surface area contributed by atoms with E-state index in [0.717, 1.165) is 5.56 Å². The van der Waals surface area contributed by atoms with Crippen molar-refractivity contribution in [2.45, 2.75) is 0 Å². The van der Waals surface area contributed by atoms with Crippen LogP contribution in [0.15, 0.2) is 36.7 Å². The van der Waals surface area contributed by atoms with Crippen LogP contribution in [-0.4, -0.2) is 49.8 Å². The first-order valence-electron chi connectivity index (χ1n) is 7.20. The lowest BCUT2D eigenvalue weighted by Crippen LogP contribution is -2.15. The first-order chi connectivity index (χ1) is 12.2. The van der Waals surface area contributed by atoms with Crippen molar-refractivity contribution in [1.82, 2.24) is 24.7 Å². The lowest BCUT2D eigenvalue weighted by Gasteiger charge is -2.15. The first kappa shape index (κ1) is 17.0. The molecule has 3 rings (SSSR count). The van der Waals surface area contributed by atoms with Gasteiger partial charge < -0.3 is 14.0 Å². The van der Waals surface area contributed by atoms with E-state index < -0.39 is 11.4 Å². The highest BCUT2D eigenvalue weighted by molar-refractivity contribution is 7.91. The van der Waals surface area contributed by atoms with E-state index in [0.29, 0.717) is 11.5 Å². The molecule has 0 spiro atoms. The molecule has 0 aliphatic carbocycles. The second kappa shape index (κ2) is 7.36. The second-order valence-corrected chi connectivity index (χ2v) is 5.96. The predicted molar refractivity (Wildman–Crippen MR) is 93.2 cm³/mol. The molecule has 2 aromatic heterocycles. The van der Waals surface area contributed by atoms with Gasteiger partial charge in [-0.2, -0.15) is 14.7 Å². The number of benzene rings is 1. The molecule has 0 aliphatic heterocycles. The molecule has 0 saturated heterocycles. The normalized spacial score (nSPS) is 11.8. The molecule has 10 heteroatoms. The summed E-state index contributed by atoms with van der Waals surface area (Å²) in [6.45, 7) is 0. The van der Waals surface area contributed by atoms with Crippen molar-refractivity contribution >= 4 is 17.3 Å². The third kappa shape index (κ3) is 3.35. The van der Waals surface area contributed by atoms with Gasteiger partial charge in [0, 0.05) is 5.56 Å². The number of hydrogen-bond acceptors (Lipinski definition) is 8. The number of ether oxygens (including phenoxy) is 2. The van der Waals surface area contributed by atoms with E-state index in [1.54, 1.807) is 4.57 Å². The highest BCUT2D eigenvalue weighted by Crippen LogP contribution is 2.34. The predicted octanol–water partition coefficient (Wildman–Crippen LogP) is 1.45. The third-order valence-corrected chi connectivity index (χ3v) is 3.77. The number of methoxy groups -OCH3 is 2. The Balaban J connectivity index is 2.29. The molecule has 0 radical (unpaired) electrons. The van der Waals surface area contributed by atoms with Gasteiger partial charge in [0.1, 0.15) is 12.6 Å². The van der Waals surface area contributed by atoms with Crippen LogP contribution in [0.2, 0.25) is 0 Å². The number of nitrogens with zero attached hydrogens (tertiary/aromatic N) is 5. The Morgan fingerprint density at radius 1 is 1.04 bits per heavy atom. The Morgan fingerprint density at radius 2 is 1.68 bits per heavy atom. The smallest absolute Gasteiger partial charge is 0.271 e. The van der Waals surface area contributed by atoms with Crippen LogP contribution in [-0.2, 0) is 11.4 Å². The van der Waals surface area contributed by atoms with E-state index in [2.05, 4.69) is 24.9 Å². The van der Waals surface area contributed by atoms with E-state index in [9.17, 15) is 4.55 Å². The quantitative estimate of drug-likeness (QED) is 0.658. The topological polar surface area (TPSA) is 110 Å². The van der Waals surface area contributed by atoms with Gasteiger partial charge >= 0.3 is 0 Å². The Bertz CT molecular complexity index is 833. The Labute approximate surface area is 147 Å². The molecule has 130 valence electrons. The first-order valence-corrected chi connectivity index (χ1v) is 8.75. The molecule has 1 aromatic carbocycles. The van der Waals surface area contributed by atoms with Crippen molar-refractivity contribution in [3.63, 3.8) is 0 Å². The molecule has 1 N–H and O–H groups in total. The molecule has 2 heterocycles. The fourth-order valence-electron chi connectivity index (χ4n) is 2.30. The standard InChI is InChI=1S/C15H16N6O3S/c1-23-13-11(14(24-2)17-9-16-13)21-12(10-7-5-4-6-8-10)18-19-15(21)20-25(3)22/h4-9H,1-3H3,(H,19,20). The minimum atomic E-state index is -1.36. The summed E-state index contributed by atoms with van der Waals surface area (Å²) in [6, 6.07) is 9.44. The highest BCUT2D eigenvalue weighted by atomic mass is 32.2. The Hall–Kier alpha value is -2.85. The average molecular weight is 360 g/mol. The maximum absolute atomic E-state index is 11.7. The number of anilines is 1. The molecule has 0 amide bonds. The zero-order chi connectivity index (χ0) is 17.8. The fourth-order valence-corrected chi connectivity index (χ4v) is 2.69. The van der Waals surface area contributed by atoms with Gasteiger partial charge in [0.15, 0.2) is 11.5 Å². The van der Waals surface area contributed by atoms with Crippen molar-refractivity contribution in [1.29, 1.82) is 0 Å². The molecular formula is C15H16N6O3S. The van der Waals surface area contributed by atoms with Crippen molar-refractivity contribution in [2.75, 3.05) is 25.2 Å². The largest absolute Gasteiger partial charge is 0.593 e. The molecule has 25 heavy (non-hydrogen) atoms. The summed E-state index contributed by atoms with van der Waals surface area (Å²) in [7, 11) is 2.98. The molecule has 3 aromatic rings. The van der Waals surface area contributed by atoms with Gasteiger partial charge in [-0.05, 0) is 0 Å². The highest BCUT2D eigenvalue weighted by Gasteiger charge is 2.25. The van der Waals surface area contributed by atoms with Crippen LogP contribution in [0.25, 0.3) is 17.1 Å². The van der Waals surface area contributed by atoms with Crippen molar-refractivity contribution < 1.29 is 14.0 Å². The van der Waals surface area contributed by atoms with E-state index in [-0.39, 0.29) is 17.7 Å². The molecule has 1 unspecified atom stereocenters. The van der Waals surface area contributed by atoms with Crippen molar-refractivity contribution in [3.8, 4) is 28.8 Å². The van der Waals surface area contributed by atoms with Crippen LogP contribution < -0.4 is 14.2 Å². The Kier molecular flexibility index (Phi) is 5.00. The summed E-state index contributed by atoms with van der Waals surface area (Å²) in [4.78, 5) is 8.25. The summed E-state index contributed by atoms with van der Waals surface area (Å²) < 4.78 is 26.8. The van der Waals surface area contributed by atoms with Crippen LogP contribution in [0, 0.1) is 0 Å². The number of nitrogens with one attached hydrogen (secondary N) is 1. The molecule has 0 saturated carbocycles. The van der Waals surface area contributed by atoms with Crippen molar-refractivity contribution in [3.05, 3.63) is 36.7 Å². The van der Waals surface area contributed by atoms with Gasteiger partial charge in [-0.15, -0.1) is 10.2 Å². The van der Waals surface area contributed by atoms with Crippen LogP contribution in [0.5, 0.6) is 11.8 Å². The van der Waals surface area contributed by atoms with Gasteiger partial charge in [0.25, 0.3) is 5.95 Å². The maximum Gasteiger partial charge on any atom is 0.271 e. The number of aromatic nitrogens is 5. The van der Waals surface area contributed by atoms with Gasteiger partial charge in [0.2, 0.25) is 11.8 Å². The van der Waals surface area contributed by atoms with Crippen LogP contribution in [0.1, 0.15) is 0 Å². The summed E-state index contributed by atoms with van der Waals surface area (Å²) in [5.74, 6) is 1.30. The minimum absolute atomic E-state index is 0.256.